The lowest BCUT2D eigenvalue weighted by atomic mass is 10.1. The Morgan fingerprint density at radius 1 is 1.26 bits per heavy atom. The summed E-state index contributed by atoms with van der Waals surface area (Å²) in [5.74, 6) is 0.289. The maximum absolute atomic E-state index is 12.5. The van der Waals surface area contributed by atoms with E-state index < -0.39 is 0 Å². The van der Waals surface area contributed by atoms with E-state index in [0.29, 0.717) is 36.8 Å². The molecule has 2 rings (SSSR count). The summed E-state index contributed by atoms with van der Waals surface area (Å²) < 4.78 is 0. The van der Waals surface area contributed by atoms with Crippen molar-refractivity contribution in [3.05, 3.63) is 29.6 Å². The third-order valence-corrected chi connectivity index (χ3v) is 4.04. The first kappa shape index (κ1) is 17.4. The van der Waals surface area contributed by atoms with Gasteiger partial charge in [-0.3, -0.25) is 14.6 Å². The van der Waals surface area contributed by atoms with Crippen LogP contribution >= 0.6 is 0 Å². The number of nitrogens with zero attached hydrogens (tertiary/aromatic N) is 3. The quantitative estimate of drug-likeness (QED) is 0.887. The lowest BCUT2D eigenvalue weighted by molar-refractivity contribution is 0.0658. The van der Waals surface area contributed by atoms with Crippen molar-refractivity contribution >= 4 is 11.8 Å². The molecule has 2 heterocycles. The van der Waals surface area contributed by atoms with Crippen molar-refractivity contribution in [1.29, 1.82) is 0 Å². The van der Waals surface area contributed by atoms with E-state index in [1.807, 2.05) is 7.05 Å². The topological polar surface area (TPSA) is 65.5 Å². The van der Waals surface area contributed by atoms with Crippen molar-refractivity contribution in [3.8, 4) is 0 Å². The summed E-state index contributed by atoms with van der Waals surface area (Å²) in [4.78, 5) is 32.8. The molecule has 1 aliphatic rings. The molecule has 1 aliphatic heterocycles. The minimum absolute atomic E-state index is 0.102. The molecule has 0 radical (unpaired) electrons. The zero-order valence-corrected chi connectivity index (χ0v) is 14.2. The summed E-state index contributed by atoms with van der Waals surface area (Å²) in [6, 6.07) is 3.23. The molecule has 1 aromatic heterocycles. The summed E-state index contributed by atoms with van der Waals surface area (Å²) in [7, 11) is 2.04. The van der Waals surface area contributed by atoms with Gasteiger partial charge in [-0.25, -0.2) is 0 Å². The molecule has 0 aromatic carbocycles. The second-order valence-corrected chi connectivity index (χ2v) is 6.46. The molecule has 0 atom stereocenters. The summed E-state index contributed by atoms with van der Waals surface area (Å²) >= 11 is 0. The highest BCUT2D eigenvalue weighted by molar-refractivity contribution is 5.98. The summed E-state index contributed by atoms with van der Waals surface area (Å²) in [6.07, 6.45) is 2.46. The summed E-state index contributed by atoms with van der Waals surface area (Å²) in [5.41, 5.74) is 0.826. The molecular weight excluding hydrogens is 292 g/mol. The van der Waals surface area contributed by atoms with Crippen LogP contribution in [0.1, 0.15) is 41.1 Å². The first-order valence-electron chi connectivity index (χ1n) is 8.19. The molecule has 6 nitrogen and oxygen atoms in total. The average molecular weight is 318 g/mol. The van der Waals surface area contributed by atoms with Gasteiger partial charge in [-0.05, 0) is 31.5 Å². The molecule has 1 saturated heterocycles. The highest BCUT2D eigenvalue weighted by Gasteiger charge is 2.22. The molecule has 1 N–H and O–H groups in total. The van der Waals surface area contributed by atoms with E-state index >= 15 is 0 Å². The normalized spacial score (nSPS) is 15.7. The van der Waals surface area contributed by atoms with Gasteiger partial charge in [0.15, 0.2) is 0 Å². The molecule has 0 saturated carbocycles. The minimum atomic E-state index is -0.152. The molecule has 23 heavy (non-hydrogen) atoms. The van der Waals surface area contributed by atoms with Crippen molar-refractivity contribution in [2.24, 2.45) is 5.92 Å². The van der Waals surface area contributed by atoms with Crippen LogP contribution in [0.2, 0.25) is 0 Å². The number of carbonyl (C=O) groups excluding carboxylic acids is 2. The van der Waals surface area contributed by atoms with Gasteiger partial charge in [-0.1, -0.05) is 13.8 Å². The molecule has 1 fully saturated rings. The van der Waals surface area contributed by atoms with E-state index in [4.69, 9.17) is 0 Å². The Hall–Kier alpha value is -1.95. The van der Waals surface area contributed by atoms with Crippen LogP contribution in [0, 0.1) is 5.92 Å². The van der Waals surface area contributed by atoms with Gasteiger partial charge >= 0.3 is 0 Å². The predicted molar refractivity (Wildman–Crippen MR) is 89.4 cm³/mol. The van der Waals surface area contributed by atoms with Crippen LogP contribution in [-0.4, -0.2) is 66.4 Å². The van der Waals surface area contributed by atoms with Crippen molar-refractivity contribution < 1.29 is 9.59 Å². The maximum Gasteiger partial charge on any atom is 0.272 e. The fourth-order valence-electron chi connectivity index (χ4n) is 2.44. The number of piperazine rings is 1. The number of amides is 2. The van der Waals surface area contributed by atoms with Gasteiger partial charge in [0.05, 0.1) is 0 Å². The third kappa shape index (κ3) is 5.03. The molecule has 0 aliphatic carbocycles. The van der Waals surface area contributed by atoms with E-state index in [2.05, 4.69) is 29.0 Å². The maximum atomic E-state index is 12.5. The number of carbonyl (C=O) groups is 2. The number of likely N-dealkylation sites (N-methyl/N-ethyl adjacent to an activating group) is 1. The second-order valence-electron chi connectivity index (χ2n) is 6.46. The van der Waals surface area contributed by atoms with E-state index in [-0.39, 0.29) is 11.8 Å². The first-order chi connectivity index (χ1) is 11.0. The summed E-state index contributed by atoms with van der Waals surface area (Å²) in [6.45, 7) is 7.99. The van der Waals surface area contributed by atoms with Crippen molar-refractivity contribution in [3.63, 3.8) is 0 Å². The van der Waals surface area contributed by atoms with Gasteiger partial charge in [0, 0.05) is 44.5 Å². The molecule has 2 amide bonds. The van der Waals surface area contributed by atoms with Crippen molar-refractivity contribution in [2.75, 3.05) is 39.8 Å². The Morgan fingerprint density at radius 3 is 2.61 bits per heavy atom. The van der Waals surface area contributed by atoms with E-state index in [1.54, 1.807) is 17.0 Å². The first-order valence-corrected chi connectivity index (χ1v) is 8.19. The number of nitrogens with one attached hydrogen (secondary N) is 1. The third-order valence-electron chi connectivity index (χ3n) is 4.04. The molecular formula is C17H26N4O2. The standard InChI is InChI=1S/C17H26N4O2/c1-13(2)4-6-19-16(22)14-5-7-18-15(12-14)17(23)21-10-8-20(3)9-11-21/h5,7,12-13H,4,6,8-11H2,1-3H3,(H,19,22). The minimum Gasteiger partial charge on any atom is -0.352 e. The molecule has 126 valence electrons. The van der Waals surface area contributed by atoms with E-state index in [1.165, 1.54) is 6.20 Å². The van der Waals surface area contributed by atoms with Crippen LogP contribution in [0.25, 0.3) is 0 Å². The van der Waals surface area contributed by atoms with Crippen LogP contribution in [0.3, 0.4) is 0 Å². The SMILES string of the molecule is CC(C)CCNC(=O)c1ccnc(C(=O)N2CCN(C)CC2)c1. The number of rotatable bonds is 5. The molecule has 0 unspecified atom stereocenters. The van der Waals surface area contributed by atoms with Crippen LogP contribution in [-0.2, 0) is 0 Å². The monoisotopic (exact) mass is 318 g/mol. The molecule has 1 aromatic rings. The highest BCUT2D eigenvalue weighted by Crippen LogP contribution is 2.08. The van der Waals surface area contributed by atoms with Crippen molar-refractivity contribution in [2.45, 2.75) is 20.3 Å². The van der Waals surface area contributed by atoms with E-state index in [9.17, 15) is 9.59 Å². The van der Waals surface area contributed by atoms with Crippen molar-refractivity contribution in [1.82, 2.24) is 20.1 Å². The number of hydrogen-bond donors (Lipinski definition) is 1. The van der Waals surface area contributed by atoms with E-state index in [0.717, 1.165) is 19.5 Å². The molecule has 0 spiro atoms. The van der Waals surface area contributed by atoms with Gasteiger partial charge < -0.3 is 15.1 Å². The summed E-state index contributed by atoms with van der Waals surface area (Å²) in [5, 5.41) is 2.88. The van der Waals surface area contributed by atoms with Gasteiger partial charge in [0.2, 0.25) is 0 Å². The second kappa shape index (κ2) is 8.06. The highest BCUT2D eigenvalue weighted by atomic mass is 16.2. The average Bonchev–Trinajstić information content (AvgIpc) is 2.54. The molecule has 6 heteroatoms. The van der Waals surface area contributed by atoms with Gasteiger partial charge in [0.1, 0.15) is 5.69 Å². The van der Waals surface area contributed by atoms with Crippen LogP contribution in [0.15, 0.2) is 18.3 Å². The van der Waals surface area contributed by atoms with Gasteiger partial charge in [-0.15, -0.1) is 0 Å². The Labute approximate surface area is 137 Å². The van der Waals surface area contributed by atoms with Crippen LogP contribution in [0.5, 0.6) is 0 Å². The Balaban J connectivity index is 1.98. The lowest BCUT2D eigenvalue weighted by Gasteiger charge is -2.32. The zero-order valence-electron chi connectivity index (χ0n) is 14.2. The van der Waals surface area contributed by atoms with Crippen LogP contribution < -0.4 is 5.32 Å². The predicted octanol–water partition coefficient (Wildman–Crippen LogP) is 1.25. The molecule has 0 bridgehead atoms. The lowest BCUT2D eigenvalue weighted by Crippen LogP contribution is -2.47. The smallest absolute Gasteiger partial charge is 0.272 e. The Bertz CT molecular complexity index is 551. The fourth-order valence-corrected chi connectivity index (χ4v) is 2.44. The number of aromatic nitrogens is 1. The fraction of sp³-hybridized carbons (Fsp3) is 0.588. The van der Waals surface area contributed by atoms with Crippen LogP contribution in [0.4, 0.5) is 0 Å². The number of pyridine rings is 1. The Kier molecular flexibility index (Phi) is 6.10. The van der Waals surface area contributed by atoms with Gasteiger partial charge in [0.25, 0.3) is 11.8 Å². The number of hydrogen-bond acceptors (Lipinski definition) is 4. The Morgan fingerprint density at radius 2 is 1.96 bits per heavy atom. The zero-order chi connectivity index (χ0) is 16.8. The largest absolute Gasteiger partial charge is 0.352 e. The van der Waals surface area contributed by atoms with Gasteiger partial charge in [-0.2, -0.15) is 0 Å².